The highest BCUT2D eigenvalue weighted by Crippen LogP contribution is 2.42. The van der Waals surface area contributed by atoms with E-state index in [2.05, 4.69) is 16.3 Å². The minimum absolute atomic E-state index is 0.103. The van der Waals surface area contributed by atoms with Crippen molar-refractivity contribution in [2.75, 3.05) is 6.54 Å². The molecule has 0 radical (unpaired) electrons. The van der Waals surface area contributed by atoms with Crippen LogP contribution < -0.4 is 11.1 Å². The first-order chi connectivity index (χ1) is 15.0. The molecule has 3 fully saturated rings. The summed E-state index contributed by atoms with van der Waals surface area (Å²) in [6, 6.07) is 5.57. The van der Waals surface area contributed by atoms with Gasteiger partial charge in [0, 0.05) is 43.2 Å². The maximum Gasteiger partial charge on any atom is 0.255 e. The van der Waals surface area contributed by atoms with E-state index in [0.717, 1.165) is 25.1 Å². The lowest BCUT2D eigenvalue weighted by Crippen LogP contribution is -2.52. The molecule has 3 amide bonds. The Bertz CT molecular complexity index is 906. The van der Waals surface area contributed by atoms with E-state index in [4.69, 9.17) is 5.73 Å². The van der Waals surface area contributed by atoms with Crippen LogP contribution in [0.25, 0.3) is 0 Å². The van der Waals surface area contributed by atoms with E-state index in [-0.39, 0.29) is 35.7 Å². The van der Waals surface area contributed by atoms with Gasteiger partial charge in [0.15, 0.2) is 0 Å². The number of amides is 3. The largest absolute Gasteiger partial charge is 0.326 e. The molecule has 0 aromatic heterocycles. The minimum Gasteiger partial charge on any atom is -0.326 e. The predicted molar refractivity (Wildman–Crippen MR) is 116 cm³/mol. The highest BCUT2D eigenvalue weighted by Gasteiger charge is 2.45. The molecule has 1 aromatic carbocycles. The van der Waals surface area contributed by atoms with Gasteiger partial charge in [-0.2, -0.15) is 0 Å². The number of imide groups is 1. The highest BCUT2D eigenvalue weighted by molar-refractivity contribution is 6.05. The number of nitrogens with one attached hydrogen (secondary N) is 1. The third-order valence-corrected chi connectivity index (χ3v) is 7.84. The summed E-state index contributed by atoms with van der Waals surface area (Å²) in [5.41, 5.74) is 9.51. The van der Waals surface area contributed by atoms with Crippen molar-refractivity contribution in [3.8, 4) is 0 Å². The Hall–Kier alpha value is -2.25. The smallest absolute Gasteiger partial charge is 0.255 e. The van der Waals surface area contributed by atoms with Crippen LogP contribution in [0.1, 0.15) is 79.3 Å². The van der Waals surface area contributed by atoms with Gasteiger partial charge in [-0.25, -0.2) is 0 Å². The van der Waals surface area contributed by atoms with E-state index >= 15 is 0 Å². The lowest BCUT2D eigenvalue weighted by Gasteiger charge is -2.38. The van der Waals surface area contributed by atoms with Crippen LogP contribution >= 0.6 is 0 Å². The number of benzene rings is 1. The third kappa shape index (κ3) is 3.68. The summed E-state index contributed by atoms with van der Waals surface area (Å²) in [7, 11) is 0. The SMILES string of the molecule is NC1CN(Cc2cccc3c2CN(C2CCC(=O)NC2=O)C3=O)C2(CCCCCC2)C1. The molecule has 1 saturated carbocycles. The molecule has 2 unspecified atom stereocenters. The second-order valence-electron chi connectivity index (χ2n) is 9.83. The topological polar surface area (TPSA) is 95.7 Å². The summed E-state index contributed by atoms with van der Waals surface area (Å²) in [6.07, 6.45) is 9.27. The summed E-state index contributed by atoms with van der Waals surface area (Å²) in [5, 5.41) is 2.38. The monoisotopic (exact) mass is 424 g/mol. The quantitative estimate of drug-likeness (QED) is 0.725. The van der Waals surface area contributed by atoms with Gasteiger partial charge in [-0.1, -0.05) is 37.8 Å². The van der Waals surface area contributed by atoms with Gasteiger partial charge in [0.25, 0.3) is 5.91 Å². The van der Waals surface area contributed by atoms with Crippen LogP contribution in [-0.2, 0) is 22.7 Å². The average molecular weight is 425 g/mol. The first-order valence-electron chi connectivity index (χ1n) is 11.7. The number of hydrogen-bond acceptors (Lipinski definition) is 5. The zero-order valence-corrected chi connectivity index (χ0v) is 18.1. The molecule has 3 heterocycles. The Kier molecular flexibility index (Phi) is 5.34. The molecule has 1 spiro atoms. The molecule has 7 nitrogen and oxygen atoms in total. The molecule has 1 aliphatic carbocycles. The van der Waals surface area contributed by atoms with Crippen LogP contribution in [0.15, 0.2) is 18.2 Å². The predicted octanol–water partition coefficient (Wildman–Crippen LogP) is 2.07. The van der Waals surface area contributed by atoms with Crippen LogP contribution in [0.4, 0.5) is 0 Å². The van der Waals surface area contributed by atoms with Crippen molar-refractivity contribution >= 4 is 17.7 Å². The van der Waals surface area contributed by atoms with Gasteiger partial charge < -0.3 is 10.6 Å². The fourth-order valence-corrected chi connectivity index (χ4v) is 6.30. The number of fused-ring (bicyclic) bond motifs is 1. The maximum absolute atomic E-state index is 13.1. The first kappa shape index (κ1) is 20.6. The summed E-state index contributed by atoms with van der Waals surface area (Å²) in [6.45, 7) is 2.13. The second-order valence-corrected chi connectivity index (χ2v) is 9.83. The van der Waals surface area contributed by atoms with E-state index in [1.54, 1.807) is 4.90 Å². The number of hydrogen-bond donors (Lipinski definition) is 2. The lowest BCUT2D eigenvalue weighted by molar-refractivity contribution is -0.136. The number of nitrogens with two attached hydrogens (primary N) is 1. The van der Waals surface area contributed by atoms with E-state index in [1.165, 1.54) is 44.1 Å². The van der Waals surface area contributed by atoms with E-state index < -0.39 is 6.04 Å². The molecule has 4 aliphatic rings. The highest BCUT2D eigenvalue weighted by atomic mass is 16.2. The standard InChI is InChI=1S/C24H32N4O3/c25-17-12-24(10-3-1-2-4-11-24)27(14-17)13-16-6-5-7-18-19(16)15-28(23(18)31)20-8-9-21(29)26-22(20)30/h5-7,17,20H,1-4,8-15,25H2,(H,26,29,30). The molecule has 31 heavy (non-hydrogen) atoms. The van der Waals surface area contributed by atoms with Gasteiger partial charge in [-0.05, 0) is 42.9 Å². The fourth-order valence-electron chi connectivity index (χ4n) is 6.30. The lowest BCUT2D eigenvalue weighted by atomic mass is 9.86. The zero-order chi connectivity index (χ0) is 21.6. The number of carbonyl (C=O) groups excluding carboxylic acids is 3. The molecule has 3 N–H and O–H groups in total. The molecule has 7 heteroatoms. The third-order valence-electron chi connectivity index (χ3n) is 7.84. The fraction of sp³-hybridized carbons (Fsp3) is 0.625. The first-order valence-corrected chi connectivity index (χ1v) is 11.7. The van der Waals surface area contributed by atoms with E-state index in [0.29, 0.717) is 18.5 Å². The second kappa shape index (κ2) is 8.02. The molecule has 2 atom stereocenters. The van der Waals surface area contributed by atoms with Crippen molar-refractivity contribution in [3.63, 3.8) is 0 Å². The van der Waals surface area contributed by atoms with Gasteiger partial charge in [0.05, 0.1) is 0 Å². The van der Waals surface area contributed by atoms with Crippen molar-refractivity contribution in [1.29, 1.82) is 0 Å². The Labute approximate surface area is 183 Å². The van der Waals surface area contributed by atoms with Crippen molar-refractivity contribution in [3.05, 3.63) is 34.9 Å². The Morgan fingerprint density at radius 2 is 1.87 bits per heavy atom. The molecule has 2 saturated heterocycles. The summed E-state index contributed by atoms with van der Waals surface area (Å²) < 4.78 is 0. The summed E-state index contributed by atoms with van der Waals surface area (Å²) in [4.78, 5) is 41.3. The van der Waals surface area contributed by atoms with Crippen molar-refractivity contribution in [2.24, 2.45) is 5.73 Å². The molecule has 5 rings (SSSR count). The molecule has 166 valence electrons. The molecular formula is C24H32N4O3. The van der Waals surface area contributed by atoms with Gasteiger partial charge in [-0.3, -0.25) is 24.6 Å². The van der Waals surface area contributed by atoms with Crippen molar-refractivity contribution in [2.45, 2.75) is 88.5 Å². The number of rotatable bonds is 3. The summed E-state index contributed by atoms with van der Waals surface area (Å²) in [5.74, 6) is -0.722. The van der Waals surface area contributed by atoms with E-state index in [1.807, 2.05) is 12.1 Å². The number of nitrogens with zero attached hydrogens (tertiary/aromatic N) is 2. The summed E-state index contributed by atoms with van der Waals surface area (Å²) >= 11 is 0. The van der Waals surface area contributed by atoms with Crippen molar-refractivity contribution in [1.82, 2.24) is 15.1 Å². The number of likely N-dealkylation sites (tertiary alicyclic amines) is 1. The van der Waals surface area contributed by atoms with Crippen LogP contribution in [-0.4, -0.2) is 51.7 Å². The molecular weight excluding hydrogens is 392 g/mol. The Balaban J connectivity index is 1.39. The minimum atomic E-state index is -0.571. The molecule has 3 aliphatic heterocycles. The zero-order valence-electron chi connectivity index (χ0n) is 18.1. The van der Waals surface area contributed by atoms with Crippen LogP contribution in [0.2, 0.25) is 0 Å². The van der Waals surface area contributed by atoms with Crippen LogP contribution in [0.3, 0.4) is 0 Å². The van der Waals surface area contributed by atoms with Gasteiger partial charge in [0.2, 0.25) is 11.8 Å². The van der Waals surface area contributed by atoms with Gasteiger partial charge in [-0.15, -0.1) is 0 Å². The maximum atomic E-state index is 13.1. The number of carbonyl (C=O) groups is 3. The molecule has 1 aromatic rings. The Morgan fingerprint density at radius 3 is 2.61 bits per heavy atom. The van der Waals surface area contributed by atoms with Crippen molar-refractivity contribution < 1.29 is 14.4 Å². The van der Waals surface area contributed by atoms with Crippen LogP contribution in [0.5, 0.6) is 0 Å². The van der Waals surface area contributed by atoms with Crippen LogP contribution in [0, 0.1) is 0 Å². The van der Waals surface area contributed by atoms with Gasteiger partial charge in [0.1, 0.15) is 6.04 Å². The Morgan fingerprint density at radius 1 is 1.10 bits per heavy atom. The average Bonchev–Trinajstić information content (AvgIpc) is 3.10. The van der Waals surface area contributed by atoms with E-state index in [9.17, 15) is 14.4 Å². The number of piperidine rings is 1. The van der Waals surface area contributed by atoms with Gasteiger partial charge >= 0.3 is 0 Å². The normalized spacial score (nSPS) is 28.7. The molecule has 0 bridgehead atoms.